The summed E-state index contributed by atoms with van der Waals surface area (Å²) in [5.74, 6) is -0.937. The van der Waals surface area contributed by atoms with Crippen LogP contribution in [0, 0.1) is 0 Å². The summed E-state index contributed by atoms with van der Waals surface area (Å²) in [7, 11) is 0. The predicted molar refractivity (Wildman–Crippen MR) is 79.4 cm³/mol. The molecule has 7 nitrogen and oxygen atoms in total. The van der Waals surface area contributed by atoms with Crippen molar-refractivity contribution in [1.29, 1.82) is 0 Å². The van der Waals surface area contributed by atoms with Gasteiger partial charge in [-0.25, -0.2) is 9.59 Å². The maximum atomic E-state index is 10.9. The number of carbonyl (C=O) groups is 2. The molecule has 126 valence electrons. The zero-order chi connectivity index (χ0) is 16.6. The van der Waals surface area contributed by atoms with Crippen LogP contribution in [0.2, 0.25) is 0 Å². The average Bonchev–Trinajstić information content (AvgIpc) is 2.51. The third kappa shape index (κ3) is 13.3. The van der Waals surface area contributed by atoms with Crippen LogP contribution in [0.5, 0.6) is 0 Å². The fourth-order valence-corrected chi connectivity index (χ4v) is 1.23. The first-order valence-corrected chi connectivity index (χ1v) is 6.95. The lowest BCUT2D eigenvalue weighted by Crippen LogP contribution is -2.20. The second-order valence-corrected chi connectivity index (χ2v) is 4.12. The Balaban J connectivity index is 3.23. The van der Waals surface area contributed by atoms with E-state index in [4.69, 9.17) is 23.7 Å². The molecule has 0 radical (unpaired) electrons. The van der Waals surface area contributed by atoms with E-state index in [0.29, 0.717) is 39.6 Å². The highest BCUT2D eigenvalue weighted by molar-refractivity contribution is 5.81. The number of carbonyl (C=O) groups excluding carboxylic acids is 2. The van der Waals surface area contributed by atoms with E-state index >= 15 is 0 Å². The standard InChI is InChI=1S/C15H24O7/c1-4-14(16)21-11-10-19-7-6-18-8-9-20-12-13(3)22-15(17)5-2/h4-5,13H,1-2,6-12H2,3H3. The number of hydrogen-bond acceptors (Lipinski definition) is 7. The van der Waals surface area contributed by atoms with Crippen LogP contribution in [-0.4, -0.2) is 64.3 Å². The molecule has 0 amide bonds. The Morgan fingerprint density at radius 3 is 1.91 bits per heavy atom. The molecule has 0 saturated carbocycles. The molecule has 0 aliphatic heterocycles. The van der Waals surface area contributed by atoms with Crippen molar-refractivity contribution in [3.63, 3.8) is 0 Å². The number of hydrogen-bond donors (Lipinski definition) is 0. The van der Waals surface area contributed by atoms with Gasteiger partial charge in [-0.05, 0) is 6.92 Å². The second kappa shape index (κ2) is 14.2. The highest BCUT2D eigenvalue weighted by Crippen LogP contribution is 1.93. The Morgan fingerprint density at radius 2 is 1.36 bits per heavy atom. The number of rotatable bonds is 14. The predicted octanol–water partition coefficient (Wildman–Crippen LogP) is 0.883. The average molecular weight is 316 g/mol. The van der Waals surface area contributed by atoms with Crippen molar-refractivity contribution in [1.82, 2.24) is 0 Å². The van der Waals surface area contributed by atoms with Crippen molar-refractivity contribution in [3.8, 4) is 0 Å². The minimum Gasteiger partial charge on any atom is -0.460 e. The molecule has 0 N–H and O–H groups in total. The molecule has 0 fully saturated rings. The van der Waals surface area contributed by atoms with Crippen LogP contribution in [0.15, 0.2) is 25.3 Å². The van der Waals surface area contributed by atoms with Gasteiger partial charge in [-0.1, -0.05) is 13.2 Å². The molecule has 0 aliphatic rings. The highest BCUT2D eigenvalue weighted by atomic mass is 16.6. The minimum absolute atomic E-state index is 0.190. The summed E-state index contributed by atoms with van der Waals surface area (Å²) < 4.78 is 25.4. The van der Waals surface area contributed by atoms with Gasteiger partial charge >= 0.3 is 11.9 Å². The van der Waals surface area contributed by atoms with E-state index in [2.05, 4.69) is 13.2 Å². The Bertz CT molecular complexity index is 341. The van der Waals surface area contributed by atoms with Crippen molar-refractivity contribution in [2.45, 2.75) is 13.0 Å². The molecule has 0 aromatic rings. The zero-order valence-electron chi connectivity index (χ0n) is 13.0. The molecular weight excluding hydrogens is 292 g/mol. The first-order chi connectivity index (χ1) is 10.6. The number of ether oxygens (including phenoxy) is 5. The van der Waals surface area contributed by atoms with E-state index in [1.165, 1.54) is 0 Å². The lowest BCUT2D eigenvalue weighted by Gasteiger charge is -2.12. The summed E-state index contributed by atoms with van der Waals surface area (Å²) in [5, 5.41) is 0. The van der Waals surface area contributed by atoms with Gasteiger partial charge in [0.05, 0.1) is 39.6 Å². The Morgan fingerprint density at radius 1 is 0.864 bits per heavy atom. The largest absolute Gasteiger partial charge is 0.460 e. The third-order valence-corrected chi connectivity index (χ3v) is 2.22. The summed E-state index contributed by atoms with van der Waals surface area (Å²) in [6.45, 7) is 10.7. The highest BCUT2D eigenvalue weighted by Gasteiger charge is 2.05. The summed E-state index contributed by atoms with van der Waals surface area (Å²) in [5.41, 5.74) is 0. The maximum absolute atomic E-state index is 10.9. The molecule has 1 atom stereocenters. The van der Waals surface area contributed by atoms with E-state index < -0.39 is 11.9 Å². The topological polar surface area (TPSA) is 80.3 Å². The van der Waals surface area contributed by atoms with Crippen LogP contribution in [0.3, 0.4) is 0 Å². The molecule has 0 bridgehead atoms. The normalized spacial score (nSPS) is 11.5. The second-order valence-electron chi connectivity index (χ2n) is 4.12. The van der Waals surface area contributed by atoms with E-state index in [0.717, 1.165) is 12.2 Å². The summed E-state index contributed by atoms with van der Waals surface area (Å²) >= 11 is 0. The van der Waals surface area contributed by atoms with Crippen LogP contribution < -0.4 is 0 Å². The molecule has 0 heterocycles. The van der Waals surface area contributed by atoms with Crippen molar-refractivity contribution in [2.24, 2.45) is 0 Å². The van der Waals surface area contributed by atoms with Crippen LogP contribution in [0.25, 0.3) is 0 Å². The van der Waals surface area contributed by atoms with E-state index in [9.17, 15) is 9.59 Å². The first-order valence-electron chi connectivity index (χ1n) is 6.95. The van der Waals surface area contributed by atoms with E-state index in [-0.39, 0.29) is 12.7 Å². The smallest absolute Gasteiger partial charge is 0.330 e. The molecule has 0 saturated heterocycles. The lowest BCUT2D eigenvalue weighted by atomic mass is 10.4. The van der Waals surface area contributed by atoms with Crippen molar-refractivity contribution >= 4 is 11.9 Å². The van der Waals surface area contributed by atoms with Gasteiger partial charge in [-0.15, -0.1) is 0 Å². The Hall–Kier alpha value is -1.70. The van der Waals surface area contributed by atoms with Crippen LogP contribution >= 0.6 is 0 Å². The van der Waals surface area contributed by atoms with Gasteiger partial charge in [0, 0.05) is 12.2 Å². The van der Waals surface area contributed by atoms with Crippen LogP contribution in [0.4, 0.5) is 0 Å². The monoisotopic (exact) mass is 316 g/mol. The molecule has 1 unspecified atom stereocenters. The van der Waals surface area contributed by atoms with Gasteiger partial charge in [0.2, 0.25) is 0 Å². The van der Waals surface area contributed by atoms with Gasteiger partial charge < -0.3 is 23.7 Å². The quantitative estimate of drug-likeness (QED) is 0.267. The van der Waals surface area contributed by atoms with Crippen molar-refractivity contribution in [2.75, 3.05) is 46.2 Å². The van der Waals surface area contributed by atoms with Gasteiger partial charge in [-0.2, -0.15) is 0 Å². The molecular formula is C15H24O7. The zero-order valence-corrected chi connectivity index (χ0v) is 13.0. The maximum Gasteiger partial charge on any atom is 0.330 e. The molecule has 0 rings (SSSR count). The van der Waals surface area contributed by atoms with E-state index in [1.807, 2.05) is 0 Å². The molecule has 0 aromatic heterocycles. The van der Waals surface area contributed by atoms with Crippen LogP contribution in [0.1, 0.15) is 6.92 Å². The number of esters is 2. The van der Waals surface area contributed by atoms with Crippen LogP contribution in [-0.2, 0) is 33.3 Å². The van der Waals surface area contributed by atoms with Gasteiger partial charge in [0.15, 0.2) is 0 Å². The van der Waals surface area contributed by atoms with Gasteiger partial charge in [-0.3, -0.25) is 0 Å². The minimum atomic E-state index is -0.469. The lowest BCUT2D eigenvalue weighted by molar-refractivity contribution is -0.145. The molecule has 0 aliphatic carbocycles. The molecule has 0 aromatic carbocycles. The Kier molecular flexibility index (Phi) is 13.1. The summed E-state index contributed by atoms with van der Waals surface area (Å²) in [4.78, 5) is 21.6. The first kappa shape index (κ1) is 20.3. The molecule has 0 spiro atoms. The molecule has 7 heteroatoms. The van der Waals surface area contributed by atoms with Crippen molar-refractivity contribution < 1.29 is 33.3 Å². The van der Waals surface area contributed by atoms with Gasteiger partial charge in [0.25, 0.3) is 0 Å². The van der Waals surface area contributed by atoms with Crippen molar-refractivity contribution in [3.05, 3.63) is 25.3 Å². The fourth-order valence-electron chi connectivity index (χ4n) is 1.23. The SMILES string of the molecule is C=CC(=O)OCCOCCOCCOCC(C)OC(=O)C=C. The van der Waals surface area contributed by atoms with Gasteiger partial charge in [0.1, 0.15) is 12.7 Å². The third-order valence-electron chi connectivity index (χ3n) is 2.22. The fraction of sp³-hybridized carbons (Fsp3) is 0.600. The molecule has 22 heavy (non-hydrogen) atoms. The summed E-state index contributed by atoms with van der Waals surface area (Å²) in [6.07, 6.45) is 1.88. The van der Waals surface area contributed by atoms with E-state index in [1.54, 1.807) is 6.92 Å². The summed E-state index contributed by atoms with van der Waals surface area (Å²) in [6, 6.07) is 0. The Labute approximate surface area is 130 Å².